The molecule has 21 heavy (non-hydrogen) atoms. The zero-order chi connectivity index (χ0) is 14.8. The molecule has 2 atom stereocenters. The Kier molecular flexibility index (Phi) is 3.61. The first kappa shape index (κ1) is 13.6. The molecule has 8 heteroatoms. The number of nitrogens with one attached hydrogen (secondary N) is 1. The van der Waals surface area contributed by atoms with Gasteiger partial charge in [0.2, 0.25) is 0 Å². The number of carbonyl (C=O) groups is 1. The van der Waals surface area contributed by atoms with Gasteiger partial charge in [-0.3, -0.25) is 9.48 Å². The minimum Gasteiger partial charge on any atom is -0.482 e. The van der Waals surface area contributed by atoms with Crippen LogP contribution in [-0.2, 0) is 11.8 Å². The topological polar surface area (TPSA) is 91.4 Å². The molecular weight excluding hydrogens is 276 g/mol. The van der Waals surface area contributed by atoms with E-state index in [1.807, 2.05) is 7.05 Å². The van der Waals surface area contributed by atoms with Gasteiger partial charge >= 0.3 is 0 Å². The second kappa shape index (κ2) is 5.57. The number of ether oxygens (including phenoxy) is 2. The van der Waals surface area contributed by atoms with Crippen molar-refractivity contribution < 1.29 is 18.8 Å². The molecule has 3 heterocycles. The van der Waals surface area contributed by atoms with Crippen molar-refractivity contribution in [3.63, 3.8) is 0 Å². The number of carbonyl (C=O) groups excluding carboxylic acids is 1. The van der Waals surface area contributed by atoms with Gasteiger partial charge in [0, 0.05) is 12.6 Å². The molecule has 1 saturated heterocycles. The molecule has 1 fully saturated rings. The predicted octanol–water partition coefficient (Wildman–Crippen LogP) is 0.293. The van der Waals surface area contributed by atoms with Crippen LogP contribution >= 0.6 is 0 Å². The monoisotopic (exact) mass is 292 g/mol. The summed E-state index contributed by atoms with van der Waals surface area (Å²) in [6, 6.07) is -0.242. The van der Waals surface area contributed by atoms with Gasteiger partial charge in [0.1, 0.15) is 12.4 Å². The maximum absolute atomic E-state index is 12.1. The second-order valence-electron chi connectivity index (χ2n) is 4.97. The molecule has 112 valence electrons. The smallest absolute Gasteiger partial charge is 0.274 e. The average Bonchev–Trinajstić information content (AvgIpc) is 3.14. The Hall–Kier alpha value is -2.35. The number of amides is 1. The number of rotatable bonds is 4. The van der Waals surface area contributed by atoms with Crippen LogP contribution in [0, 0.1) is 6.92 Å². The summed E-state index contributed by atoms with van der Waals surface area (Å²) in [5.74, 6) is 0.349. The minimum absolute atomic E-state index is 0.242. The quantitative estimate of drug-likeness (QED) is 0.871. The molecule has 0 spiro atoms. The van der Waals surface area contributed by atoms with E-state index in [1.54, 1.807) is 24.0 Å². The Morgan fingerprint density at radius 3 is 3.05 bits per heavy atom. The highest BCUT2D eigenvalue weighted by atomic mass is 16.5. The van der Waals surface area contributed by atoms with E-state index in [2.05, 4.69) is 15.6 Å². The molecule has 1 amide bonds. The second-order valence-corrected chi connectivity index (χ2v) is 4.97. The van der Waals surface area contributed by atoms with Gasteiger partial charge in [-0.1, -0.05) is 5.16 Å². The highest BCUT2D eigenvalue weighted by Gasteiger charge is 2.32. The van der Waals surface area contributed by atoms with E-state index in [4.69, 9.17) is 14.0 Å². The summed E-state index contributed by atoms with van der Waals surface area (Å²) in [5, 5.41) is 10.6. The number of aryl methyl sites for hydroxylation is 2. The molecular formula is C13H16N4O4. The normalized spacial score (nSPS) is 21.4. The van der Waals surface area contributed by atoms with Gasteiger partial charge in [-0.15, -0.1) is 0 Å². The van der Waals surface area contributed by atoms with Crippen molar-refractivity contribution in [2.45, 2.75) is 19.1 Å². The van der Waals surface area contributed by atoms with E-state index >= 15 is 0 Å². The van der Waals surface area contributed by atoms with Gasteiger partial charge in [-0.2, -0.15) is 5.10 Å². The third kappa shape index (κ3) is 2.89. The van der Waals surface area contributed by atoms with Crippen LogP contribution in [0.4, 0.5) is 0 Å². The van der Waals surface area contributed by atoms with E-state index in [-0.39, 0.29) is 23.7 Å². The fraction of sp³-hybridized carbons (Fsp3) is 0.462. The Bertz CT molecular complexity index is 636. The van der Waals surface area contributed by atoms with Crippen molar-refractivity contribution in [1.29, 1.82) is 0 Å². The van der Waals surface area contributed by atoms with Crippen molar-refractivity contribution in [2.24, 2.45) is 7.05 Å². The molecule has 1 aliphatic heterocycles. The largest absolute Gasteiger partial charge is 0.482 e. The highest BCUT2D eigenvalue weighted by Crippen LogP contribution is 2.17. The first-order valence-corrected chi connectivity index (χ1v) is 6.58. The van der Waals surface area contributed by atoms with Crippen LogP contribution in [0.5, 0.6) is 5.75 Å². The van der Waals surface area contributed by atoms with Gasteiger partial charge < -0.3 is 19.3 Å². The van der Waals surface area contributed by atoms with Gasteiger partial charge in [0.05, 0.1) is 31.6 Å². The zero-order valence-electron chi connectivity index (χ0n) is 11.8. The molecule has 8 nitrogen and oxygen atoms in total. The third-order valence-electron chi connectivity index (χ3n) is 3.28. The molecule has 1 N–H and O–H groups in total. The van der Waals surface area contributed by atoms with Crippen LogP contribution in [0.25, 0.3) is 0 Å². The molecule has 1 aliphatic rings. The standard InChI is InChI=1S/C13H16N4O4/c1-8-5-20-16-12(8)13(18)15-10-6-19-7-11(10)21-9-3-14-17(2)4-9/h3-5,10-11H,6-7H2,1-2H3,(H,15,18)/t10-,11+/m0/s1. The lowest BCUT2D eigenvalue weighted by Gasteiger charge is -2.19. The first-order chi connectivity index (χ1) is 10.1. The molecule has 3 rings (SSSR count). The van der Waals surface area contributed by atoms with Crippen LogP contribution in [0.15, 0.2) is 23.2 Å². The number of hydrogen-bond donors (Lipinski definition) is 1. The third-order valence-corrected chi connectivity index (χ3v) is 3.28. The molecule has 0 aromatic carbocycles. The number of hydrogen-bond acceptors (Lipinski definition) is 6. The SMILES string of the molecule is Cc1conc1C(=O)N[C@H]1COC[C@H]1Oc1cnn(C)c1. The predicted molar refractivity (Wildman–Crippen MR) is 70.9 cm³/mol. The summed E-state index contributed by atoms with van der Waals surface area (Å²) in [4.78, 5) is 12.1. The van der Waals surface area contributed by atoms with Crippen molar-refractivity contribution in [1.82, 2.24) is 20.3 Å². The van der Waals surface area contributed by atoms with E-state index in [9.17, 15) is 4.79 Å². The van der Waals surface area contributed by atoms with Crippen molar-refractivity contribution in [2.75, 3.05) is 13.2 Å². The Morgan fingerprint density at radius 1 is 1.52 bits per heavy atom. The Labute approximate surface area is 121 Å². The van der Waals surface area contributed by atoms with Crippen LogP contribution in [0.3, 0.4) is 0 Å². The van der Waals surface area contributed by atoms with Crippen LogP contribution < -0.4 is 10.1 Å². The summed E-state index contributed by atoms with van der Waals surface area (Å²) >= 11 is 0. The van der Waals surface area contributed by atoms with E-state index in [1.165, 1.54) is 6.26 Å². The number of aromatic nitrogens is 3. The number of nitrogens with zero attached hydrogens (tertiary/aromatic N) is 3. The van der Waals surface area contributed by atoms with E-state index in [0.29, 0.717) is 24.5 Å². The van der Waals surface area contributed by atoms with Gasteiger partial charge in [0.15, 0.2) is 11.4 Å². The lowest BCUT2D eigenvalue weighted by molar-refractivity contribution is 0.0894. The zero-order valence-corrected chi connectivity index (χ0v) is 11.8. The van der Waals surface area contributed by atoms with Crippen LogP contribution in [0.1, 0.15) is 16.1 Å². The van der Waals surface area contributed by atoms with E-state index < -0.39 is 0 Å². The van der Waals surface area contributed by atoms with Gasteiger partial charge in [-0.05, 0) is 6.92 Å². The van der Waals surface area contributed by atoms with Gasteiger partial charge in [-0.25, -0.2) is 0 Å². The molecule has 0 aliphatic carbocycles. The highest BCUT2D eigenvalue weighted by molar-refractivity contribution is 5.93. The summed E-state index contributed by atoms with van der Waals surface area (Å²) in [5.41, 5.74) is 0.971. The van der Waals surface area contributed by atoms with E-state index in [0.717, 1.165) is 0 Å². The van der Waals surface area contributed by atoms with Gasteiger partial charge in [0.25, 0.3) is 5.91 Å². The molecule has 0 saturated carbocycles. The molecule has 0 bridgehead atoms. The van der Waals surface area contributed by atoms with Crippen molar-refractivity contribution >= 4 is 5.91 Å². The first-order valence-electron chi connectivity index (χ1n) is 6.58. The maximum Gasteiger partial charge on any atom is 0.274 e. The maximum atomic E-state index is 12.1. The molecule has 0 radical (unpaired) electrons. The fourth-order valence-electron chi connectivity index (χ4n) is 2.16. The Morgan fingerprint density at radius 2 is 2.38 bits per heavy atom. The van der Waals surface area contributed by atoms with Crippen molar-refractivity contribution in [3.05, 3.63) is 29.9 Å². The average molecular weight is 292 g/mol. The Balaban J connectivity index is 1.64. The minimum atomic E-state index is -0.295. The van der Waals surface area contributed by atoms with Crippen LogP contribution in [0.2, 0.25) is 0 Å². The molecule has 2 aromatic rings. The van der Waals surface area contributed by atoms with Crippen LogP contribution in [-0.4, -0.2) is 46.2 Å². The molecule has 2 aromatic heterocycles. The summed E-state index contributed by atoms with van der Waals surface area (Å²) in [6.07, 6.45) is 4.56. The summed E-state index contributed by atoms with van der Waals surface area (Å²) < 4.78 is 17.6. The lowest BCUT2D eigenvalue weighted by atomic mass is 10.2. The summed E-state index contributed by atoms with van der Waals surface area (Å²) in [7, 11) is 1.81. The fourth-order valence-corrected chi connectivity index (χ4v) is 2.16. The lowest BCUT2D eigenvalue weighted by Crippen LogP contribution is -2.45. The van der Waals surface area contributed by atoms with Crippen molar-refractivity contribution in [3.8, 4) is 5.75 Å². The molecule has 0 unspecified atom stereocenters. The summed E-state index contributed by atoms with van der Waals surface area (Å²) in [6.45, 7) is 2.57.